The fraction of sp³-hybridized carbons (Fsp3) is 0.227. The first-order valence-corrected chi connectivity index (χ1v) is 9.20. The van der Waals surface area contributed by atoms with E-state index in [0.29, 0.717) is 17.7 Å². The second-order valence-electron chi connectivity index (χ2n) is 6.67. The standard InChI is InChI=1S/C22H23N3O3/c1-15-5-9-17(22(28)23-2)14-19(15)24-20(26)12-8-16-6-10-18(11-7-16)25-13-3-4-21(25)27/h5-12,14H,3-4,13H2,1-2H3,(H,23,28)(H,24,26)/b12-8+. The van der Waals surface area contributed by atoms with Gasteiger partial charge in [0.05, 0.1) is 0 Å². The minimum atomic E-state index is -0.282. The fourth-order valence-electron chi connectivity index (χ4n) is 3.08. The molecule has 1 heterocycles. The van der Waals surface area contributed by atoms with Crippen molar-refractivity contribution in [2.45, 2.75) is 19.8 Å². The third-order valence-electron chi connectivity index (χ3n) is 4.69. The molecule has 144 valence electrons. The average molecular weight is 377 g/mol. The molecule has 2 aromatic carbocycles. The van der Waals surface area contributed by atoms with Gasteiger partial charge in [0.15, 0.2) is 0 Å². The summed E-state index contributed by atoms with van der Waals surface area (Å²) in [6.07, 6.45) is 4.65. The normalized spacial score (nSPS) is 13.8. The first-order chi connectivity index (χ1) is 13.5. The fourth-order valence-corrected chi connectivity index (χ4v) is 3.08. The first-order valence-electron chi connectivity index (χ1n) is 9.20. The summed E-state index contributed by atoms with van der Waals surface area (Å²) in [5.41, 5.74) is 3.69. The zero-order valence-corrected chi connectivity index (χ0v) is 16.0. The van der Waals surface area contributed by atoms with Gasteiger partial charge in [-0.1, -0.05) is 18.2 Å². The number of anilines is 2. The van der Waals surface area contributed by atoms with Gasteiger partial charge in [-0.25, -0.2) is 0 Å². The van der Waals surface area contributed by atoms with Gasteiger partial charge >= 0.3 is 0 Å². The summed E-state index contributed by atoms with van der Waals surface area (Å²) >= 11 is 0. The van der Waals surface area contributed by atoms with Crippen LogP contribution in [-0.2, 0) is 9.59 Å². The highest BCUT2D eigenvalue weighted by Gasteiger charge is 2.21. The Morgan fingerprint density at radius 1 is 1.11 bits per heavy atom. The lowest BCUT2D eigenvalue weighted by atomic mass is 10.1. The molecule has 0 atom stereocenters. The highest BCUT2D eigenvalue weighted by molar-refractivity contribution is 6.03. The highest BCUT2D eigenvalue weighted by Crippen LogP contribution is 2.22. The van der Waals surface area contributed by atoms with E-state index in [1.165, 1.54) is 6.08 Å². The van der Waals surface area contributed by atoms with Crippen molar-refractivity contribution < 1.29 is 14.4 Å². The molecule has 1 aliphatic heterocycles. The van der Waals surface area contributed by atoms with E-state index in [-0.39, 0.29) is 17.7 Å². The van der Waals surface area contributed by atoms with E-state index >= 15 is 0 Å². The minimum Gasteiger partial charge on any atom is -0.355 e. The van der Waals surface area contributed by atoms with Crippen molar-refractivity contribution in [1.82, 2.24) is 5.32 Å². The number of amides is 3. The lowest BCUT2D eigenvalue weighted by Crippen LogP contribution is -2.23. The van der Waals surface area contributed by atoms with Crippen LogP contribution in [0, 0.1) is 6.92 Å². The topological polar surface area (TPSA) is 78.5 Å². The average Bonchev–Trinajstić information content (AvgIpc) is 3.13. The SMILES string of the molecule is CNC(=O)c1ccc(C)c(NC(=O)/C=C/c2ccc(N3CCCC3=O)cc2)c1. The van der Waals surface area contributed by atoms with E-state index in [0.717, 1.165) is 29.8 Å². The maximum atomic E-state index is 12.3. The lowest BCUT2D eigenvalue weighted by molar-refractivity contribution is -0.117. The summed E-state index contributed by atoms with van der Waals surface area (Å²) in [6.45, 7) is 2.62. The van der Waals surface area contributed by atoms with Crippen molar-refractivity contribution in [2.75, 3.05) is 23.8 Å². The summed E-state index contributed by atoms with van der Waals surface area (Å²) in [5, 5.41) is 5.37. The Balaban J connectivity index is 1.65. The van der Waals surface area contributed by atoms with Crippen LogP contribution in [0.25, 0.3) is 6.08 Å². The van der Waals surface area contributed by atoms with Crippen LogP contribution in [0.3, 0.4) is 0 Å². The summed E-state index contributed by atoms with van der Waals surface area (Å²) in [5.74, 6) is -0.337. The molecule has 0 saturated carbocycles. The smallest absolute Gasteiger partial charge is 0.251 e. The zero-order valence-electron chi connectivity index (χ0n) is 16.0. The number of hydrogen-bond acceptors (Lipinski definition) is 3. The maximum absolute atomic E-state index is 12.3. The molecule has 1 saturated heterocycles. The molecule has 1 aliphatic rings. The van der Waals surface area contributed by atoms with Gasteiger partial charge in [0, 0.05) is 43.0 Å². The van der Waals surface area contributed by atoms with Crippen LogP contribution in [0.1, 0.15) is 34.3 Å². The summed E-state index contributed by atoms with van der Waals surface area (Å²) in [4.78, 5) is 37.6. The first kappa shape index (κ1) is 19.4. The van der Waals surface area contributed by atoms with Crippen LogP contribution in [0.5, 0.6) is 0 Å². The predicted octanol–water partition coefficient (Wildman–Crippen LogP) is 3.13. The summed E-state index contributed by atoms with van der Waals surface area (Å²) in [7, 11) is 1.56. The van der Waals surface area contributed by atoms with Gasteiger partial charge in [-0.3, -0.25) is 14.4 Å². The van der Waals surface area contributed by atoms with Gasteiger partial charge in [-0.2, -0.15) is 0 Å². The van der Waals surface area contributed by atoms with Gasteiger partial charge in [0.2, 0.25) is 11.8 Å². The molecule has 2 N–H and O–H groups in total. The Labute approximate surface area is 164 Å². The maximum Gasteiger partial charge on any atom is 0.251 e. The molecule has 0 bridgehead atoms. The van der Waals surface area contributed by atoms with Crippen molar-refractivity contribution >= 4 is 35.2 Å². The summed E-state index contributed by atoms with van der Waals surface area (Å²) in [6, 6.07) is 12.7. The number of hydrogen-bond donors (Lipinski definition) is 2. The van der Waals surface area contributed by atoms with E-state index in [9.17, 15) is 14.4 Å². The van der Waals surface area contributed by atoms with Crippen molar-refractivity contribution in [3.8, 4) is 0 Å². The number of carbonyl (C=O) groups is 3. The molecule has 6 nitrogen and oxygen atoms in total. The summed E-state index contributed by atoms with van der Waals surface area (Å²) < 4.78 is 0. The highest BCUT2D eigenvalue weighted by atomic mass is 16.2. The number of benzene rings is 2. The number of aryl methyl sites for hydroxylation is 1. The van der Waals surface area contributed by atoms with E-state index in [1.807, 2.05) is 31.2 Å². The van der Waals surface area contributed by atoms with Gasteiger partial charge in [-0.05, 0) is 54.8 Å². The van der Waals surface area contributed by atoms with Gasteiger partial charge in [0.25, 0.3) is 5.91 Å². The molecule has 0 radical (unpaired) electrons. The monoisotopic (exact) mass is 377 g/mol. The van der Waals surface area contributed by atoms with Crippen molar-refractivity contribution in [2.24, 2.45) is 0 Å². The molecule has 0 unspecified atom stereocenters. The molecule has 6 heteroatoms. The van der Waals surface area contributed by atoms with E-state index in [2.05, 4.69) is 10.6 Å². The molecule has 0 spiro atoms. The largest absolute Gasteiger partial charge is 0.355 e. The minimum absolute atomic E-state index is 0.150. The molecule has 28 heavy (non-hydrogen) atoms. The number of carbonyl (C=O) groups excluding carboxylic acids is 3. The molecular weight excluding hydrogens is 354 g/mol. The molecule has 0 aliphatic carbocycles. The van der Waals surface area contributed by atoms with Crippen LogP contribution in [0.2, 0.25) is 0 Å². The van der Waals surface area contributed by atoms with E-state index < -0.39 is 0 Å². The van der Waals surface area contributed by atoms with Crippen LogP contribution < -0.4 is 15.5 Å². The molecule has 3 rings (SSSR count). The number of nitrogens with one attached hydrogen (secondary N) is 2. The molecule has 3 amide bonds. The van der Waals surface area contributed by atoms with Crippen LogP contribution in [0.4, 0.5) is 11.4 Å². The Hall–Kier alpha value is -3.41. The Kier molecular flexibility index (Phi) is 5.89. The Morgan fingerprint density at radius 2 is 1.86 bits per heavy atom. The van der Waals surface area contributed by atoms with Crippen molar-refractivity contribution in [1.29, 1.82) is 0 Å². The zero-order chi connectivity index (χ0) is 20.1. The number of rotatable bonds is 5. The second-order valence-corrected chi connectivity index (χ2v) is 6.67. The third-order valence-corrected chi connectivity index (χ3v) is 4.69. The quantitative estimate of drug-likeness (QED) is 0.786. The molecule has 0 aromatic heterocycles. The van der Waals surface area contributed by atoms with Gasteiger partial charge in [0.1, 0.15) is 0 Å². The van der Waals surface area contributed by atoms with Crippen LogP contribution in [-0.4, -0.2) is 31.3 Å². The third kappa shape index (κ3) is 4.46. The van der Waals surface area contributed by atoms with Gasteiger partial charge < -0.3 is 15.5 Å². The number of nitrogens with zero attached hydrogens (tertiary/aromatic N) is 1. The van der Waals surface area contributed by atoms with Crippen molar-refractivity contribution in [3.63, 3.8) is 0 Å². The predicted molar refractivity (Wildman–Crippen MR) is 110 cm³/mol. The Morgan fingerprint density at radius 3 is 2.50 bits per heavy atom. The Bertz CT molecular complexity index is 933. The van der Waals surface area contributed by atoms with E-state index in [4.69, 9.17) is 0 Å². The van der Waals surface area contributed by atoms with Crippen molar-refractivity contribution in [3.05, 3.63) is 65.2 Å². The molecule has 2 aromatic rings. The molecular formula is C22H23N3O3. The van der Waals surface area contributed by atoms with E-state index in [1.54, 1.807) is 36.2 Å². The van der Waals surface area contributed by atoms with Crippen LogP contribution >= 0.6 is 0 Å². The molecule has 1 fully saturated rings. The van der Waals surface area contributed by atoms with Gasteiger partial charge in [-0.15, -0.1) is 0 Å². The lowest BCUT2D eigenvalue weighted by Gasteiger charge is -2.15. The van der Waals surface area contributed by atoms with Crippen LogP contribution in [0.15, 0.2) is 48.5 Å². The second kappa shape index (κ2) is 8.52.